The zero-order valence-corrected chi connectivity index (χ0v) is 10.3. The molecule has 0 saturated heterocycles. The van der Waals surface area contributed by atoms with Crippen LogP contribution in [0.1, 0.15) is 0 Å². The molecule has 0 bridgehead atoms. The number of hydrogen-bond donors (Lipinski definition) is 0. The molecular weight excluding hydrogens is 237 g/mol. The van der Waals surface area contributed by atoms with Crippen LogP contribution in [0.15, 0.2) is 0 Å². The summed E-state index contributed by atoms with van der Waals surface area (Å²) in [6, 6.07) is 0. The Morgan fingerprint density at radius 1 is 1.83 bits per heavy atom. The molecule has 4 heteroatoms. The Balaban J connectivity index is 0. The van der Waals surface area contributed by atoms with E-state index in [9.17, 15) is 0 Å². The van der Waals surface area contributed by atoms with E-state index in [1.807, 2.05) is 0 Å². The Labute approximate surface area is 96.2 Å². The van der Waals surface area contributed by atoms with Crippen molar-refractivity contribution in [2.24, 2.45) is 0 Å². The topological polar surface area (TPSA) is 9.23 Å². The molecule has 0 atom stereocenters. The van der Waals surface area contributed by atoms with Crippen molar-refractivity contribution in [3.63, 3.8) is 0 Å². The molecule has 0 aromatic carbocycles. The molecule has 0 radical (unpaired) electrons. The third kappa shape index (κ3) is 9.60. The van der Waals surface area contributed by atoms with Crippen LogP contribution in [0, 0.1) is 0 Å². The second kappa shape index (κ2) is 7.35. The van der Waals surface area contributed by atoms with Crippen LogP contribution in [0.25, 0.3) is 0 Å². The molecular formula is C2H3KOSe2. The van der Waals surface area contributed by atoms with E-state index in [-0.39, 0.29) is 51.4 Å². The van der Waals surface area contributed by atoms with Gasteiger partial charge in [-0.25, -0.2) is 0 Å². The summed E-state index contributed by atoms with van der Waals surface area (Å²) in [6.07, 6.45) is 0. The quantitative estimate of drug-likeness (QED) is 0.425. The number of methoxy groups -OCH3 is 1. The molecule has 0 heterocycles. The van der Waals surface area contributed by atoms with Crippen molar-refractivity contribution in [2.45, 2.75) is 0 Å². The first-order chi connectivity index (χ1) is 2.27. The van der Waals surface area contributed by atoms with Gasteiger partial charge >= 0.3 is 98.3 Å². The summed E-state index contributed by atoms with van der Waals surface area (Å²) in [5.41, 5.74) is 0. The third-order valence-electron chi connectivity index (χ3n) is 0.167. The normalized spacial score (nSPS) is 5.50. The maximum atomic E-state index is 4.56. The maximum Gasteiger partial charge on any atom is 1.00 e. The van der Waals surface area contributed by atoms with Crippen molar-refractivity contribution in [3.8, 4) is 0 Å². The van der Waals surface area contributed by atoms with Crippen molar-refractivity contribution < 1.29 is 56.1 Å². The Morgan fingerprint density at radius 2 is 2.00 bits per heavy atom. The molecule has 0 spiro atoms. The van der Waals surface area contributed by atoms with E-state index >= 15 is 0 Å². The number of hydrogen-bond acceptors (Lipinski definition) is 1. The number of rotatable bonds is 1. The molecule has 30 valence electrons. The van der Waals surface area contributed by atoms with Crippen LogP contribution < -0.4 is 51.4 Å². The molecule has 0 saturated carbocycles. The molecule has 6 heavy (non-hydrogen) atoms. The zero-order valence-electron chi connectivity index (χ0n) is 3.72. The third-order valence-corrected chi connectivity index (χ3v) is 0.866. The molecule has 0 aliphatic heterocycles. The molecule has 0 rings (SSSR count). The first-order valence-electron chi connectivity index (χ1n) is 1.02. The summed E-state index contributed by atoms with van der Waals surface area (Å²) in [5, 5.41) is 0. The zero-order chi connectivity index (χ0) is 4.28. The Hall–Kier alpha value is 2.35. The molecule has 0 aliphatic rings. The SMILES string of the molecule is COC(=[Se])[Se-].[K+]. The molecule has 1 nitrogen and oxygen atoms in total. The Morgan fingerprint density at radius 3 is 2.00 bits per heavy atom. The maximum absolute atomic E-state index is 4.56. The van der Waals surface area contributed by atoms with Crippen molar-refractivity contribution in [3.05, 3.63) is 0 Å². The number of ether oxygens (including phenoxy) is 1. The van der Waals surface area contributed by atoms with Gasteiger partial charge in [0.1, 0.15) is 0 Å². The van der Waals surface area contributed by atoms with E-state index in [2.05, 4.69) is 36.3 Å². The summed E-state index contributed by atoms with van der Waals surface area (Å²) in [7, 11) is 1.60. The minimum Gasteiger partial charge on any atom is 1.00 e. The summed E-state index contributed by atoms with van der Waals surface area (Å²) in [6.45, 7) is 0. The second-order valence-corrected chi connectivity index (χ2v) is 3.32. The minimum absolute atomic E-state index is 0. The second-order valence-electron chi connectivity index (χ2n) is 0.454. The van der Waals surface area contributed by atoms with Gasteiger partial charge in [0, 0.05) is 0 Å². The fraction of sp³-hybridized carbons (Fsp3) is 0.500. The van der Waals surface area contributed by atoms with Gasteiger partial charge in [0.2, 0.25) is 0 Å². The molecule has 0 N–H and O–H groups in total. The van der Waals surface area contributed by atoms with Crippen LogP contribution in [0.5, 0.6) is 0 Å². The van der Waals surface area contributed by atoms with Crippen LogP contribution in [0.4, 0.5) is 0 Å². The largest absolute Gasteiger partial charge is 1.00 e. The van der Waals surface area contributed by atoms with Crippen molar-refractivity contribution in [2.75, 3.05) is 7.11 Å². The Bertz CT molecular complexity index is 46.8. The van der Waals surface area contributed by atoms with E-state index in [0.29, 0.717) is 0 Å². The fourth-order valence-corrected chi connectivity index (χ4v) is 0. The van der Waals surface area contributed by atoms with Crippen molar-refractivity contribution >= 4 is 35.1 Å². The molecule has 0 amide bonds. The fourth-order valence-electron chi connectivity index (χ4n) is 0. The van der Waals surface area contributed by atoms with Gasteiger partial charge in [0.25, 0.3) is 0 Å². The van der Waals surface area contributed by atoms with Crippen LogP contribution in [0.2, 0.25) is 0 Å². The van der Waals surface area contributed by atoms with Gasteiger partial charge in [0.15, 0.2) is 0 Å². The predicted molar refractivity (Wildman–Crippen MR) is 23.5 cm³/mol. The average Bonchev–Trinajstić information content (AvgIpc) is 1.38. The summed E-state index contributed by atoms with van der Waals surface area (Å²) >= 11 is 5.26. The summed E-state index contributed by atoms with van der Waals surface area (Å²) in [4.78, 5) is 0. The Kier molecular flexibility index (Phi) is 13.7. The van der Waals surface area contributed by atoms with Gasteiger partial charge in [-0.1, -0.05) is 0 Å². The van der Waals surface area contributed by atoms with Crippen LogP contribution in [-0.2, 0) is 4.74 Å². The molecule has 0 unspecified atom stereocenters. The molecule has 0 aliphatic carbocycles. The molecule has 0 aromatic rings. The van der Waals surface area contributed by atoms with E-state index < -0.39 is 0 Å². The molecule has 0 aromatic heterocycles. The van der Waals surface area contributed by atoms with Crippen LogP contribution in [0.3, 0.4) is 0 Å². The van der Waals surface area contributed by atoms with Gasteiger partial charge in [-0.05, 0) is 0 Å². The van der Waals surface area contributed by atoms with Gasteiger partial charge < -0.3 is 0 Å². The van der Waals surface area contributed by atoms with Crippen molar-refractivity contribution in [1.29, 1.82) is 0 Å². The van der Waals surface area contributed by atoms with Gasteiger partial charge in [-0.15, -0.1) is 0 Å². The monoisotopic (exact) mass is 242 g/mol. The van der Waals surface area contributed by atoms with Crippen LogP contribution in [-0.4, -0.2) is 42.2 Å². The van der Waals surface area contributed by atoms with E-state index in [0.717, 1.165) is 3.50 Å². The smallest absolute Gasteiger partial charge is 1.00 e. The van der Waals surface area contributed by atoms with Gasteiger partial charge in [0.05, 0.1) is 0 Å². The predicted octanol–water partition coefficient (Wildman–Crippen LogP) is -3.94. The van der Waals surface area contributed by atoms with Gasteiger partial charge in [-0.2, -0.15) is 0 Å². The first kappa shape index (κ1) is 11.2. The van der Waals surface area contributed by atoms with E-state index in [1.54, 1.807) is 7.11 Å². The minimum atomic E-state index is 0. The van der Waals surface area contributed by atoms with E-state index in [1.165, 1.54) is 0 Å². The van der Waals surface area contributed by atoms with Gasteiger partial charge in [-0.3, -0.25) is 0 Å². The van der Waals surface area contributed by atoms with Crippen molar-refractivity contribution in [1.82, 2.24) is 0 Å². The summed E-state index contributed by atoms with van der Waals surface area (Å²) in [5.74, 6) is 0. The first-order valence-corrected chi connectivity index (χ1v) is 2.73. The van der Waals surface area contributed by atoms with Crippen LogP contribution >= 0.6 is 0 Å². The average molecular weight is 240 g/mol. The summed E-state index contributed by atoms with van der Waals surface area (Å²) < 4.78 is 5.31. The van der Waals surface area contributed by atoms with E-state index in [4.69, 9.17) is 0 Å². The standard InChI is InChI=1S/C2H4OSe2.K/c1-3-2(4)5;/h1H3,(H,4,5);/q;+1/p-1. The molecule has 0 fully saturated rings.